The van der Waals surface area contributed by atoms with E-state index in [-0.39, 0.29) is 28.3 Å². The molecule has 2 aromatic carbocycles. The molecular weight excluding hydrogens is 390 g/mol. The van der Waals surface area contributed by atoms with E-state index in [9.17, 15) is 22.4 Å². The summed E-state index contributed by atoms with van der Waals surface area (Å²) in [4.78, 5) is 16.4. The number of carbonyl (C=O) groups excluding carboxylic acids is 1. The zero-order valence-electron chi connectivity index (χ0n) is 14.4. The van der Waals surface area contributed by atoms with Gasteiger partial charge in [-0.25, -0.2) is 22.5 Å². The molecule has 0 saturated heterocycles. The van der Waals surface area contributed by atoms with Crippen LogP contribution in [0.2, 0.25) is 0 Å². The molecule has 2 aromatic heterocycles. The molecule has 0 bridgehead atoms. The number of carbonyl (C=O) groups is 1. The smallest absolute Gasteiger partial charge is 0.261 e. The first-order valence-electron chi connectivity index (χ1n) is 8.19. The minimum atomic E-state index is -1.18. The van der Waals surface area contributed by atoms with Crippen LogP contribution in [0.3, 0.4) is 0 Å². The summed E-state index contributed by atoms with van der Waals surface area (Å²) >= 11 is 0. The number of hydrogen-bond acceptors (Lipinski definition) is 4. The van der Waals surface area contributed by atoms with Gasteiger partial charge in [0.05, 0.1) is 23.3 Å². The summed E-state index contributed by atoms with van der Waals surface area (Å²) < 4.78 is 55.0. The average molecular weight is 401 g/mol. The number of pyridine rings is 1. The topological polar surface area (TPSA) is 96.7 Å². The van der Waals surface area contributed by atoms with Gasteiger partial charge in [0, 0.05) is 17.0 Å². The summed E-state index contributed by atoms with van der Waals surface area (Å²) in [6.07, 6.45) is 1.22. The molecule has 0 saturated carbocycles. The number of nitrogens with two attached hydrogens (primary N) is 1. The van der Waals surface area contributed by atoms with Crippen molar-refractivity contribution < 1.29 is 22.4 Å². The van der Waals surface area contributed by atoms with Crippen molar-refractivity contribution in [2.24, 2.45) is 0 Å². The third-order valence-electron chi connectivity index (χ3n) is 4.17. The van der Waals surface area contributed by atoms with E-state index in [0.29, 0.717) is 5.39 Å². The highest BCUT2D eigenvalue weighted by atomic mass is 19.1. The fraction of sp³-hybridized carbons (Fsp3) is 0. The molecule has 6 nitrogen and oxygen atoms in total. The van der Waals surface area contributed by atoms with Crippen molar-refractivity contribution >= 4 is 28.3 Å². The first kappa shape index (κ1) is 18.4. The van der Waals surface area contributed by atoms with Crippen LogP contribution < -0.4 is 11.1 Å². The van der Waals surface area contributed by atoms with Crippen LogP contribution in [0.1, 0.15) is 10.4 Å². The van der Waals surface area contributed by atoms with E-state index in [1.807, 2.05) is 0 Å². The molecule has 4 aromatic rings. The molecule has 0 fully saturated rings. The second-order valence-corrected chi connectivity index (χ2v) is 6.13. The number of hydrogen-bond donors (Lipinski definition) is 3. The number of benzene rings is 2. The monoisotopic (exact) mass is 401 g/mol. The molecule has 1 amide bonds. The van der Waals surface area contributed by atoms with Crippen LogP contribution in [0.5, 0.6) is 0 Å². The number of fused-ring (bicyclic) bond motifs is 1. The maximum Gasteiger partial charge on any atom is 0.261 e. The number of nitrogen functional groups attached to an aromatic ring is 1. The Hall–Kier alpha value is -3.95. The van der Waals surface area contributed by atoms with Crippen molar-refractivity contribution in [1.29, 1.82) is 0 Å². The first-order valence-corrected chi connectivity index (χ1v) is 8.19. The number of halogens is 4. The molecule has 0 radical (unpaired) electrons. The zero-order chi connectivity index (χ0) is 20.7. The van der Waals surface area contributed by atoms with Crippen LogP contribution >= 0.6 is 0 Å². The van der Waals surface area contributed by atoms with Crippen LogP contribution in [0.25, 0.3) is 22.3 Å². The van der Waals surface area contributed by atoms with Crippen molar-refractivity contribution in [3.05, 3.63) is 71.4 Å². The molecular formula is C19H11F4N5O. The van der Waals surface area contributed by atoms with Crippen molar-refractivity contribution in [2.75, 3.05) is 11.1 Å². The van der Waals surface area contributed by atoms with E-state index in [2.05, 4.69) is 20.5 Å². The Balaban J connectivity index is 1.73. The normalized spacial score (nSPS) is 11.0. The molecule has 0 aliphatic carbocycles. The van der Waals surface area contributed by atoms with Gasteiger partial charge in [-0.05, 0) is 30.3 Å². The molecule has 10 heteroatoms. The van der Waals surface area contributed by atoms with Crippen LogP contribution in [0.4, 0.5) is 28.9 Å². The van der Waals surface area contributed by atoms with Gasteiger partial charge in [0.25, 0.3) is 5.91 Å². The Kier molecular flexibility index (Phi) is 4.38. The number of aromatic amines is 1. The fourth-order valence-electron chi connectivity index (χ4n) is 2.86. The Morgan fingerprint density at radius 2 is 1.76 bits per heavy atom. The summed E-state index contributed by atoms with van der Waals surface area (Å²) in [5.41, 5.74) is 4.88. The molecule has 29 heavy (non-hydrogen) atoms. The standard InChI is InChI=1S/C19H11F4N5O/c20-9-3-8(4-10(21)5-9)17-12-6-11(7-25-18(12)28-27-17)26-19(29)15-13(22)1-2-14(24)16(15)23/h1-7H,24H2,(H,26,29)(H,25,27,28). The molecule has 4 N–H and O–H groups in total. The summed E-state index contributed by atoms with van der Waals surface area (Å²) in [5, 5.41) is 9.23. The van der Waals surface area contributed by atoms with Gasteiger partial charge in [-0.1, -0.05) is 0 Å². The second kappa shape index (κ2) is 6.89. The molecule has 4 rings (SSSR count). The summed E-state index contributed by atoms with van der Waals surface area (Å²) in [6.45, 7) is 0. The number of rotatable bonds is 3. The SMILES string of the molecule is Nc1ccc(F)c(C(=O)Nc2cnc3n[nH]c(-c4cc(F)cc(F)c4)c3c2)c1F. The van der Waals surface area contributed by atoms with Gasteiger partial charge < -0.3 is 11.1 Å². The molecule has 0 atom stereocenters. The lowest BCUT2D eigenvalue weighted by atomic mass is 10.1. The maximum absolute atomic E-state index is 14.1. The van der Waals surface area contributed by atoms with Gasteiger partial charge in [-0.3, -0.25) is 9.89 Å². The van der Waals surface area contributed by atoms with Crippen molar-refractivity contribution in [1.82, 2.24) is 15.2 Å². The highest BCUT2D eigenvalue weighted by Gasteiger charge is 2.20. The van der Waals surface area contributed by atoms with E-state index >= 15 is 0 Å². The van der Waals surface area contributed by atoms with E-state index in [0.717, 1.165) is 30.3 Å². The van der Waals surface area contributed by atoms with E-state index < -0.39 is 34.7 Å². The third-order valence-corrected chi connectivity index (χ3v) is 4.17. The van der Waals surface area contributed by atoms with Crippen LogP contribution in [0.15, 0.2) is 42.6 Å². The molecule has 2 heterocycles. The molecule has 0 unspecified atom stereocenters. The van der Waals surface area contributed by atoms with Crippen molar-refractivity contribution in [2.45, 2.75) is 0 Å². The highest BCUT2D eigenvalue weighted by molar-refractivity contribution is 6.06. The quantitative estimate of drug-likeness (QED) is 0.357. The van der Waals surface area contributed by atoms with Gasteiger partial charge in [-0.15, -0.1) is 0 Å². The average Bonchev–Trinajstić information content (AvgIpc) is 3.07. The number of nitrogens with zero attached hydrogens (tertiary/aromatic N) is 2. The van der Waals surface area contributed by atoms with Crippen molar-refractivity contribution in [3.8, 4) is 11.3 Å². The largest absolute Gasteiger partial charge is 0.396 e. The summed E-state index contributed by atoms with van der Waals surface area (Å²) in [6, 6.07) is 6.20. The van der Waals surface area contributed by atoms with E-state index in [4.69, 9.17) is 5.73 Å². The van der Waals surface area contributed by atoms with E-state index in [1.165, 1.54) is 12.3 Å². The maximum atomic E-state index is 14.1. The second-order valence-electron chi connectivity index (χ2n) is 6.13. The van der Waals surface area contributed by atoms with Crippen LogP contribution in [-0.2, 0) is 0 Å². The number of amides is 1. The first-order chi connectivity index (χ1) is 13.8. The lowest BCUT2D eigenvalue weighted by molar-refractivity contribution is 0.101. The highest BCUT2D eigenvalue weighted by Crippen LogP contribution is 2.29. The Morgan fingerprint density at radius 3 is 2.48 bits per heavy atom. The lowest BCUT2D eigenvalue weighted by Gasteiger charge is -2.08. The zero-order valence-corrected chi connectivity index (χ0v) is 14.4. The van der Waals surface area contributed by atoms with Gasteiger partial charge in [-0.2, -0.15) is 5.10 Å². The molecule has 0 aliphatic heterocycles. The summed E-state index contributed by atoms with van der Waals surface area (Å²) in [7, 11) is 0. The van der Waals surface area contributed by atoms with Gasteiger partial charge in [0.15, 0.2) is 11.5 Å². The third kappa shape index (κ3) is 3.35. The molecule has 0 aliphatic rings. The Morgan fingerprint density at radius 1 is 1.03 bits per heavy atom. The number of anilines is 2. The minimum absolute atomic E-state index is 0.0863. The number of H-pyrrole nitrogens is 1. The lowest BCUT2D eigenvalue weighted by Crippen LogP contribution is -2.17. The van der Waals surface area contributed by atoms with E-state index in [1.54, 1.807) is 0 Å². The van der Waals surface area contributed by atoms with Gasteiger partial charge in [0.1, 0.15) is 23.0 Å². The predicted molar refractivity (Wildman–Crippen MR) is 98.0 cm³/mol. The predicted octanol–water partition coefficient (Wildman–Crippen LogP) is 4.02. The molecule has 0 spiro atoms. The Labute approximate surface area is 160 Å². The Bertz CT molecular complexity index is 1250. The summed E-state index contributed by atoms with van der Waals surface area (Å²) in [5.74, 6) is -4.91. The number of nitrogens with one attached hydrogen (secondary N) is 2. The van der Waals surface area contributed by atoms with Gasteiger partial charge in [0.2, 0.25) is 0 Å². The minimum Gasteiger partial charge on any atom is -0.396 e. The van der Waals surface area contributed by atoms with Crippen LogP contribution in [0, 0.1) is 23.3 Å². The van der Waals surface area contributed by atoms with Crippen molar-refractivity contribution in [3.63, 3.8) is 0 Å². The van der Waals surface area contributed by atoms with Gasteiger partial charge >= 0.3 is 0 Å². The van der Waals surface area contributed by atoms with Crippen LogP contribution in [-0.4, -0.2) is 21.1 Å². The fourth-order valence-corrected chi connectivity index (χ4v) is 2.86. The number of aromatic nitrogens is 3. The molecule has 146 valence electrons.